The first-order chi connectivity index (χ1) is 9.65. The molecule has 112 valence electrons. The average molecular weight is 277 g/mol. The fraction of sp³-hybridized carbons (Fsp3) is 0.667. The molecular weight excluding hydrogens is 249 g/mol. The molecule has 1 saturated carbocycles. The second-order valence-corrected chi connectivity index (χ2v) is 6.34. The summed E-state index contributed by atoms with van der Waals surface area (Å²) >= 11 is 0. The Labute approximate surface area is 123 Å². The van der Waals surface area contributed by atoms with Crippen LogP contribution in [0.15, 0.2) is 18.2 Å². The fourth-order valence-corrected chi connectivity index (χ4v) is 3.81. The van der Waals surface area contributed by atoms with Gasteiger partial charge >= 0.3 is 0 Å². The van der Waals surface area contributed by atoms with E-state index >= 15 is 0 Å². The van der Waals surface area contributed by atoms with Crippen molar-refractivity contribution in [1.29, 1.82) is 0 Å². The van der Waals surface area contributed by atoms with E-state index in [-0.39, 0.29) is 5.82 Å². The minimum absolute atomic E-state index is 0.120. The standard InChI is InChI=1S/C18H28FN/c1-4-5-14-7-9-15(10-8-14)18(20-3)17-12-16(19)11-6-13(17)2/h6,11-12,14-15,18,20H,4-5,7-10H2,1-3H3. The van der Waals surface area contributed by atoms with Crippen LogP contribution in [-0.2, 0) is 0 Å². The van der Waals surface area contributed by atoms with E-state index in [1.807, 2.05) is 13.1 Å². The monoisotopic (exact) mass is 277 g/mol. The fourth-order valence-electron chi connectivity index (χ4n) is 3.81. The van der Waals surface area contributed by atoms with Gasteiger partial charge in [0.2, 0.25) is 0 Å². The lowest BCUT2D eigenvalue weighted by atomic mass is 9.75. The van der Waals surface area contributed by atoms with Gasteiger partial charge in [-0.05, 0) is 61.9 Å². The Morgan fingerprint density at radius 2 is 1.95 bits per heavy atom. The molecule has 1 fully saturated rings. The predicted octanol–water partition coefficient (Wildman–Crippen LogP) is 5.00. The number of aryl methyl sites for hydroxylation is 1. The Bertz CT molecular complexity index is 421. The van der Waals surface area contributed by atoms with Gasteiger partial charge in [0.1, 0.15) is 5.82 Å². The van der Waals surface area contributed by atoms with Crippen LogP contribution in [0.4, 0.5) is 4.39 Å². The average Bonchev–Trinajstić information content (AvgIpc) is 2.45. The lowest BCUT2D eigenvalue weighted by Gasteiger charge is -2.34. The zero-order valence-electron chi connectivity index (χ0n) is 13.1. The van der Waals surface area contributed by atoms with Gasteiger partial charge in [0.15, 0.2) is 0 Å². The number of hydrogen-bond donors (Lipinski definition) is 1. The Kier molecular flexibility index (Phi) is 5.59. The molecule has 0 heterocycles. The van der Waals surface area contributed by atoms with Crippen LogP contribution in [0.1, 0.15) is 62.6 Å². The van der Waals surface area contributed by atoms with Crippen LogP contribution in [0, 0.1) is 24.6 Å². The highest BCUT2D eigenvalue weighted by Crippen LogP contribution is 2.39. The third-order valence-corrected chi connectivity index (χ3v) is 4.95. The summed E-state index contributed by atoms with van der Waals surface area (Å²) in [6.07, 6.45) is 7.89. The Morgan fingerprint density at radius 3 is 2.55 bits per heavy atom. The maximum Gasteiger partial charge on any atom is 0.123 e. The van der Waals surface area contributed by atoms with E-state index in [0.29, 0.717) is 12.0 Å². The second kappa shape index (κ2) is 7.21. The van der Waals surface area contributed by atoms with Gasteiger partial charge < -0.3 is 5.32 Å². The number of halogens is 1. The van der Waals surface area contributed by atoms with E-state index in [4.69, 9.17) is 0 Å². The Morgan fingerprint density at radius 1 is 1.25 bits per heavy atom. The van der Waals surface area contributed by atoms with Crippen molar-refractivity contribution in [2.24, 2.45) is 11.8 Å². The Hall–Kier alpha value is -0.890. The maximum absolute atomic E-state index is 13.5. The van der Waals surface area contributed by atoms with E-state index in [2.05, 4.69) is 19.2 Å². The van der Waals surface area contributed by atoms with E-state index in [9.17, 15) is 4.39 Å². The number of nitrogens with one attached hydrogen (secondary N) is 1. The molecule has 1 unspecified atom stereocenters. The van der Waals surface area contributed by atoms with E-state index in [0.717, 1.165) is 11.5 Å². The second-order valence-electron chi connectivity index (χ2n) is 6.34. The summed E-state index contributed by atoms with van der Waals surface area (Å²) in [5, 5.41) is 3.44. The molecule has 1 nitrogen and oxygen atoms in total. The van der Waals surface area contributed by atoms with Gasteiger partial charge in [0.25, 0.3) is 0 Å². The summed E-state index contributed by atoms with van der Waals surface area (Å²) in [6, 6.07) is 5.48. The molecular formula is C18H28FN. The highest BCUT2D eigenvalue weighted by Gasteiger charge is 2.28. The molecule has 1 aromatic carbocycles. The summed E-state index contributed by atoms with van der Waals surface area (Å²) in [6.45, 7) is 4.36. The van der Waals surface area contributed by atoms with Crippen molar-refractivity contribution in [1.82, 2.24) is 5.32 Å². The van der Waals surface area contributed by atoms with E-state index < -0.39 is 0 Å². The van der Waals surface area contributed by atoms with Gasteiger partial charge in [-0.15, -0.1) is 0 Å². The highest BCUT2D eigenvalue weighted by molar-refractivity contribution is 5.30. The summed E-state index contributed by atoms with van der Waals surface area (Å²) in [4.78, 5) is 0. The van der Waals surface area contributed by atoms with Crippen molar-refractivity contribution in [3.63, 3.8) is 0 Å². The smallest absolute Gasteiger partial charge is 0.123 e. The molecule has 1 atom stereocenters. The summed E-state index contributed by atoms with van der Waals surface area (Å²) < 4.78 is 13.5. The molecule has 0 saturated heterocycles. The minimum Gasteiger partial charge on any atom is -0.313 e. The topological polar surface area (TPSA) is 12.0 Å². The molecule has 1 N–H and O–H groups in total. The summed E-state index contributed by atoms with van der Waals surface area (Å²) in [5.74, 6) is 1.45. The van der Waals surface area contributed by atoms with Crippen LogP contribution in [-0.4, -0.2) is 7.05 Å². The van der Waals surface area contributed by atoms with E-state index in [1.165, 1.54) is 44.1 Å². The van der Waals surface area contributed by atoms with Crippen molar-refractivity contribution >= 4 is 0 Å². The zero-order chi connectivity index (χ0) is 14.5. The van der Waals surface area contributed by atoms with E-state index in [1.54, 1.807) is 12.1 Å². The predicted molar refractivity (Wildman–Crippen MR) is 83.3 cm³/mol. The maximum atomic E-state index is 13.5. The van der Waals surface area contributed by atoms with Crippen LogP contribution in [0.2, 0.25) is 0 Å². The Balaban J connectivity index is 2.07. The third kappa shape index (κ3) is 3.60. The molecule has 0 bridgehead atoms. The zero-order valence-corrected chi connectivity index (χ0v) is 13.1. The molecule has 1 aliphatic rings. The molecule has 2 heteroatoms. The first-order valence-electron chi connectivity index (χ1n) is 8.09. The van der Waals surface area contributed by atoms with Crippen molar-refractivity contribution < 1.29 is 4.39 Å². The number of hydrogen-bond acceptors (Lipinski definition) is 1. The minimum atomic E-state index is -0.120. The van der Waals surface area contributed by atoms with Crippen molar-refractivity contribution in [2.45, 2.75) is 58.4 Å². The van der Waals surface area contributed by atoms with Gasteiger partial charge in [0.05, 0.1) is 0 Å². The number of rotatable bonds is 5. The van der Waals surface area contributed by atoms with Crippen LogP contribution in [0.3, 0.4) is 0 Å². The normalized spacial score (nSPS) is 24.6. The molecule has 1 aliphatic carbocycles. The van der Waals surface area contributed by atoms with Crippen molar-refractivity contribution in [3.05, 3.63) is 35.1 Å². The molecule has 0 aliphatic heterocycles. The van der Waals surface area contributed by atoms with Crippen molar-refractivity contribution in [2.75, 3.05) is 7.05 Å². The molecule has 0 radical (unpaired) electrons. The number of benzene rings is 1. The lowest BCUT2D eigenvalue weighted by molar-refractivity contribution is 0.219. The molecule has 2 rings (SSSR count). The van der Waals surface area contributed by atoms with Gasteiger partial charge in [-0.2, -0.15) is 0 Å². The van der Waals surface area contributed by atoms with Gasteiger partial charge in [-0.25, -0.2) is 4.39 Å². The van der Waals surface area contributed by atoms with Gasteiger partial charge in [-0.1, -0.05) is 38.7 Å². The SMILES string of the molecule is CCCC1CCC(C(NC)c2cc(F)ccc2C)CC1. The summed E-state index contributed by atoms with van der Waals surface area (Å²) in [7, 11) is 2.01. The lowest BCUT2D eigenvalue weighted by Crippen LogP contribution is -2.29. The first-order valence-corrected chi connectivity index (χ1v) is 8.09. The molecule has 0 spiro atoms. The molecule has 0 amide bonds. The van der Waals surface area contributed by atoms with Crippen LogP contribution in [0.5, 0.6) is 0 Å². The summed E-state index contributed by atoms with van der Waals surface area (Å²) in [5.41, 5.74) is 2.34. The largest absolute Gasteiger partial charge is 0.313 e. The van der Waals surface area contributed by atoms with Gasteiger partial charge in [0, 0.05) is 6.04 Å². The first kappa shape index (κ1) is 15.5. The third-order valence-electron chi connectivity index (χ3n) is 4.95. The molecule has 1 aromatic rings. The van der Waals surface area contributed by atoms with Gasteiger partial charge in [-0.3, -0.25) is 0 Å². The molecule has 20 heavy (non-hydrogen) atoms. The van der Waals surface area contributed by atoms with Crippen molar-refractivity contribution in [3.8, 4) is 0 Å². The van der Waals surface area contributed by atoms with Crippen LogP contribution in [0.25, 0.3) is 0 Å². The quantitative estimate of drug-likeness (QED) is 0.798. The van der Waals surface area contributed by atoms with Crippen LogP contribution < -0.4 is 5.32 Å². The molecule has 0 aromatic heterocycles. The highest BCUT2D eigenvalue weighted by atomic mass is 19.1. The van der Waals surface area contributed by atoms with Crippen LogP contribution >= 0.6 is 0 Å².